The molecule has 0 fully saturated rings. The number of esters is 1. The number of hydrogen-bond donors (Lipinski definition) is 2. The summed E-state index contributed by atoms with van der Waals surface area (Å²) in [5.41, 5.74) is 0. The zero-order valence-corrected chi connectivity index (χ0v) is 21.4. The van der Waals surface area contributed by atoms with Crippen molar-refractivity contribution in [2.45, 2.75) is 123 Å². The minimum Gasteiger partial charge on any atom is -0.460 e. The highest BCUT2D eigenvalue weighted by Gasteiger charge is 2.17. The molecular weight excluding hydrogens is 413 g/mol. The minimum atomic E-state index is -1.92. The molecule has 0 rings (SSSR count). The van der Waals surface area contributed by atoms with E-state index in [0.29, 0.717) is 19.6 Å². The molecule has 7 heteroatoms. The Hall–Kier alpha value is -0.260. The van der Waals surface area contributed by atoms with Crippen LogP contribution in [0.5, 0.6) is 0 Å². The number of carbonyl (C=O) groups excluding carboxylic acids is 1. The van der Waals surface area contributed by atoms with Gasteiger partial charge >= 0.3 is 14.6 Å². The van der Waals surface area contributed by atoms with Gasteiger partial charge < -0.3 is 24.0 Å². The van der Waals surface area contributed by atoms with Gasteiger partial charge in [0.15, 0.2) is 0 Å². The molecule has 0 amide bonds. The van der Waals surface area contributed by atoms with E-state index in [-0.39, 0.29) is 18.7 Å². The van der Waals surface area contributed by atoms with E-state index in [4.69, 9.17) is 13.8 Å². The SMILES string of the molecule is CCCCCCCCCCCCCCCCC(COP(O)OCCNC)OC(=O)CC. The molecule has 186 valence electrons. The molecular formula is C24H50NO5P. The van der Waals surface area contributed by atoms with Crippen molar-refractivity contribution in [2.75, 3.05) is 26.8 Å². The highest BCUT2D eigenvalue weighted by molar-refractivity contribution is 7.40. The predicted octanol–water partition coefficient (Wildman–Crippen LogP) is 6.65. The van der Waals surface area contributed by atoms with Crippen LogP contribution in [0.3, 0.4) is 0 Å². The summed E-state index contributed by atoms with van der Waals surface area (Å²) in [6.45, 7) is 5.27. The van der Waals surface area contributed by atoms with Crippen LogP contribution in [0.15, 0.2) is 0 Å². The average Bonchev–Trinajstić information content (AvgIpc) is 2.77. The van der Waals surface area contributed by atoms with Gasteiger partial charge in [-0.2, -0.15) is 0 Å². The number of ether oxygens (including phenoxy) is 1. The summed E-state index contributed by atoms with van der Waals surface area (Å²) >= 11 is 0. The standard InChI is InChI=1S/C24H50NO5P/c1-4-6-7-8-9-10-11-12-13-14-15-16-17-18-19-23(30-24(26)5-2)22-29-31(27)28-21-20-25-3/h23,25,27H,4-22H2,1-3H3. The molecule has 0 aromatic rings. The highest BCUT2D eigenvalue weighted by Crippen LogP contribution is 2.33. The lowest BCUT2D eigenvalue weighted by molar-refractivity contribution is -0.150. The van der Waals surface area contributed by atoms with Gasteiger partial charge in [-0.05, 0) is 19.9 Å². The topological polar surface area (TPSA) is 77.0 Å². The van der Waals surface area contributed by atoms with Crippen molar-refractivity contribution < 1.29 is 23.5 Å². The van der Waals surface area contributed by atoms with Crippen molar-refractivity contribution in [3.8, 4) is 0 Å². The van der Waals surface area contributed by atoms with E-state index in [2.05, 4.69) is 12.2 Å². The number of hydrogen-bond acceptors (Lipinski definition) is 6. The lowest BCUT2D eigenvalue weighted by Crippen LogP contribution is -2.23. The maximum absolute atomic E-state index is 11.7. The molecule has 31 heavy (non-hydrogen) atoms. The van der Waals surface area contributed by atoms with Gasteiger partial charge in [0.25, 0.3) is 0 Å². The van der Waals surface area contributed by atoms with Crippen molar-refractivity contribution in [1.82, 2.24) is 5.32 Å². The zero-order valence-electron chi connectivity index (χ0n) is 20.5. The molecule has 0 aliphatic rings. The Bertz CT molecular complexity index is 387. The maximum Gasteiger partial charge on any atom is 0.330 e. The van der Waals surface area contributed by atoms with E-state index in [1.54, 1.807) is 6.92 Å². The summed E-state index contributed by atoms with van der Waals surface area (Å²) in [6.07, 6.45) is 19.3. The summed E-state index contributed by atoms with van der Waals surface area (Å²) in [6, 6.07) is 0. The molecule has 2 atom stereocenters. The fourth-order valence-electron chi connectivity index (χ4n) is 3.42. The van der Waals surface area contributed by atoms with Crippen LogP contribution in [0, 0.1) is 0 Å². The molecule has 6 nitrogen and oxygen atoms in total. The van der Waals surface area contributed by atoms with Gasteiger partial charge in [0.2, 0.25) is 0 Å². The second kappa shape index (κ2) is 24.4. The molecule has 0 radical (unpaired) electrons. The van der Waals surface area contributed by atoms with Gasteiger partial charge in [-0.25, -0.2) is 0 Å². The second-order valence-corrected chi connectivity index (χ2v) is 9.31. The molecule has 0 spiro atoms. The first-order chi connectivity index (χ1) is 15.1. The smallest absolute Gasteiger partial charge is 0.330 e. The Morgan fingerprint density at radius 3 is 1.84 bits per heavy atom. The van der Waals surface area contributed by atoms with Crippen molar-refractivity contribution in [3.63, 3.8) is 0 Å². The summed E-state index contributed by atoms with van der Waals surface area (Å²) in [5, 5.41) is 2.94. The molecule has 0 aromatic heterocycles. The van der Waals surface area contributed by atoms with Gasteiger partial charge in [-0.1, -0.05) is 97.3 Å². The van der Waals surface area contributed by atoms with E-state index < -0.39 is 8.60 Å². The Morgan fingerprint density at radius 2 is 1.35 bits per heavy atom. The van der Waals surface area contributed by atoms with E-state index >= 15 is 0 Å². The highest BCUT2D eigenvalue weighted by atomic mass is 31.2. The molecule has 0 aliphatic heterocycles. The quantitative estimate of drug-likeness (QED) is 0.0948. The van der Waals surface area contributed by atoms with Crippen LogP contribution in [0.25, 0.3) is 0 Å². The molecule has 0 saturated carbocycles. The average molecular weight is 464 g/mol. The first-order valence-corrected chi connectivity index (χ1v) is 13.9. The van der Waals surface area contributed by atoms with Gasteiger partial charge in [-0.3, -0.25) is 4.79 Å². The summed E-state index contributed by atoms with van der Waals surface area (Å²) < 4.78 is 16.0. The molecule has 0 aliphatic carbocycles. The third-order valence-electron chi connectivity index (χ3n) is 5.39. The fourth-order valence-corrected chi connectivity index (χ4v) is 4.04. The number of likely N-dealkylation sites (N-methyl/N-ethyl adjacent to an activating group) is 1. The fraction of sp³-hybridized carbons (Fsp3) is 0.958. The number of rotatable bonds is 24. The van der Waals surface area contributed by atoms with Crippen LogP contribution in [-0.4, -0.2) is 43.8 Å². The van der Waals surface area contributed by atoms with Crippen LogP contribution >= 0.6 is 8.60 Å². The lowest BCUT2D eigenvalue weighted by Gasteiger charge is -2.19. The van der Waals surface area contributed by atoms with Crippen LogP contribution in [0.4, 0.5) is 0 Å². The summed E-state index contributed by atoms with van der Waals surface area (Å²) in [4.78, 5) is 21.4. The Labute approximate surface area is 193 Å². The molecule has 0 heterocycles. The Morgan fingerprint density at radius 1 is 0.839 bits per heavy atom. The minimum absolute atomic E-state index is 0.186. The van der Waals surface area contributed by atoms with Gasteiger partial charge in [-0.15, -0.1) is 0 Å². The van der Waals surface area contributed by atoms with Crippen molar-refractivity contribution in [1.29, 1.82) is 0 Å². The van der Waals surface area contributed by atoms with E-state index in [1.807, 2.05) is 7.05 Å². The molecule has 0 aromatic carbocycles. The number of unbranched alkanes of at least 4 members (excludes halogenated alkanes) is 13. The van der Waals surface area contributed by atoms with Gasteiger partial charge in [0.05, 0.1) is 13.2 Å². The molecule has 2 unspecified atom stereocenters. The Kier molecular flexibility index (Phi) is 24.2. The molecule has 0 bridgehead atoms. The van der Waals surface area contributed by atoms with Crippen LogP contribution in [0.2, 0.25) is 0 Å². The van der Waals surface area contributed by atoms with Crippen molar-refractivity contribution >= 4 is 14.6 Å². The zero-order chi connectivity index (χ0) is 23.0. The first-order valence-electron chi connectivity index (χ1n) is 12.7. The molecule has 0 saturated heterocycles. The predicted molar refractivity (Wildman–Crippen MR) is 130 cm³/mol. The lowest BCUT2D eigenvalue weighted by atomic mass is 10.0. The number of nitrogens with one attached hydrogen (secondary N) is 1. The monoisotopic (exact) mass is 463 g/mol. The maximum atomic E-state index is 11.7. The van der Waals surface area contributed by atoms with Gasteiger partial charge in [0, 0.05) is 13.0 Å². The van der Waals surface area contributed by atoms with Crippen LogP contribution in [0.1, 0.15) is 117 Å². The largest absolute Gasteiger partial charge is 0.460 e. The van der Waals surface area contributed by atoms with Crippen LogP contribution in [-0.2, 0) is 18.6 Å². The van der Waals surface area contributed by atoms with E-state index in [1.165, 1.54) is 77.0 Å². The van der Waals surface area contributed by atoms with Crippen molar-refractivity contribution in [3.05, 3.63) is 0 Å². The summed E-state index contributed by atoms with van der Waals surface area (Å²) in [5.74, 6) is -0.225. The molecule has 2 N–H and O–H groups in total. The van der Waals surface area contributed by atoms with Crippen molar-refractivity contribution in [2.24, 2.45) is 0 Å². The third kappa shape index (κ3) is 22.7. The first kappa shape index (κ1) is 30.7. The summed E-state index contributed by atoms with van der Waals surface area (Å²) in [7, 11) is -0.103. The number of carbonyl (C=O) groups is 1. The normalized spacial score (nSPS) is 13.3. The van der Waals surface area contributed by atoms with E-state index in [9.17, 15) is 9.69 Å². The Balaban J connectivity index is 3.70. The second-order valence-electron chi connectivity index (χ2n) is 8.32. The van der Waals surface area contributed by atoms with Gasteiger partial charge in [0.1, 0.15) is 6.10 Å². The van der Waals surface area contributed by atoms with E-state index in [0.717, 1.165) is 19.3 Å². The third-order valence-corrected chi connectivity index (χ3v) is 6.16. The van der Waals surface area contributed by atoms with Crippen LogP contribution < -0.4 is 5.32 Å².